The van der Waals surface area contributed by atoms with E-state index in [1.807, 2.05) is 0 Å². The van der Waals surface area contributed by atoms with Crippen LogP contribution in [0.25, 0.3) is 0 Å². The second-order valence-corrected chi connectivity index (χ2v) is 1.70. The average Bonchev–Trinajstić information content (AvgIpc) is 1.64. The van der Waals surface area contributed by atoms with Crippen LogP contribution in [0.15, 0.2) is 0 Å². The van der Waals surface area contributed by atoms with E-state index < -0.39 is 0 Å². The molecule has 1 fully saturated rings. The lowest BCUT2D eigenvalue weighted by Gasteiger charge is -2.23. The van der Waals surface area contributed by atoms with Crippen molar-refractivity contribution >= 4 is 6.29 Å². The van der Waals surface area contributed by atoms with Crippen molar-refractivity contribution in [3.63, 3.8) is 0 Å². The fraction of sp³-hybridized carbons (Fsp3) is 0.833. The first kappa shape index (κ1) is 8.59. The third-order valence-electron chi connectivity index (χ3n) is 0.997. The number of ether oxygens (including phenoxy) is 1. The van der Waals surface area contributed by atoms with Crippen LogP contribution >= 0.6 is 0 Å². The normalized spacial score (nSPS) is 23.1. The summed E-state index contributed by atoms with van der Waals surface area (Å²) in [7, 11) is 0. The lowest BCUT2D eigenvalue weighted by molar-refractivity contribution is -0.106. The van der Waals surface area contributed by atoms with Crippen LogP contribution in [-0.4, -0.2) is 30.7 Å². The van der Waals surface area contributed by atoms with E-state index in [1.54, 1.807) is 0 Å². The van der Waals surface area contributed by atoms with E-state index in [1.165, 1.54) is 6.92 Å². The van der Waals surface area contributed by atoms with E-state index in [-0.39, 0.29) is 12.7 Å². The first-order valence-electron chi connectivity index (χ1n) is 2.97. The Morgan fingerprint density at radius 3 is 2.33 bits per heavy atom. The highest BCUT2D eigenvalue weighted by Gasteiger charge is 2.15. The average molecular weight is 132 g/mol. The van der Waals surface area contributed by atoms with Crippen molar-refractivity contribution in [1.29, 1.82) is 0 Å². The Hall–Kier alpha value is -0.410. The van der Waals surface area contributed by atoms with Gasteiger partial charge in [0.15, 0.2) is 0 Å². The molecule has 1 aliphatic heterocycles. The Kier molecular flexibility index (Phi) is 5.46. The molecule has 0 aliphatic carbocycles. The molecular weight excluding hydrogens is 120 g/mol. The number of aliphatic hydroxyl groups is 1. The maximum atomic E-state index is 8.81. The lowest BCUT2D eigenvalue weighted by atomic mass is 10.2. The van der Waals surface area contributed by atoms with E-state index >= 15 is 0 Å². The predicted molar refractivity (Wildman–Crippen MR) is 33.2 cm³/mol. The smallest absolute Gasteiger partial charge is 0.116 e. The van der Waals surface area contributed by atoms with Crippen molar-refractivity contribution < 1.29 is 14.6 Å². The Morgan fingerprint density at radius 2 is 2.33 bits per heavy atom. The maximum absolute atomic E-state index is 8.81. The van der Waals surface area contributed by atoms with Crippen LogP contribution < -0.4 is 0 Å². The Labute approximate surface area is 54.6 Å². The van der Waals surface area contributed by atoms with Gasteiger partial charge in [-0.3, -0.25) is 0 Å². The van der Waals surface area contributed by atoms with Crippen molar-refractivity contribution in [3.8, 4) is 0 Å². The predicted octanol–water partition coefficient (Wildman–Crippen LogP) is -0.0272. The zero-order chi connectivity index (χ0) is 7.11. The molecule has 1 N–H and O–H groups in total. The highest BCUT2D eigenvalue weighted by molar-refractivity contribution is 5.44. The van der Waals surface area contributed by atoms with Gasteiger partial charge in [-0.2, -0.15) is 0 Å². The van der Waals surface area contributed by atoms with Gasteiger partial charge < -0.3 is 14.6 Å². The molecule has 1 heterocycles. The monoisotopic (exact) mass is 132 g/mol. The molecule has 1 saturated heterocycles. The molecule has 1 unspecified atom stereocenters. The highest BCUT2D eigenvalue weighted by atomic mass is 16.5. The number of carbonyl (C=O) groups is 1. The molecule has 0 spiro atoms. The van der Waals surface area contributed by atoms with E-state index in [4.69, 9.17) is 14.6 Å². The Bertz CT molecular complexity index is 65.9. The lowest BCUT2D eigenvalue weighted by Crippen LogP contribution is -2.29. The second-order valence-electron chi connectivity index (χ2n) is 1.70. The molecule has 1 aliphatic rings. The molecule has 0 amide bonds. The van der Waals surface area contributed by atoms with Crippen molar-refractivity contribution in [2.45, 2.75) is 19.4 Å². The van der Waals surface area contributed by atoms with Crippen LogP contribution in [-0.2, 0) is 9.53 Å². The van der Waals surface area contributed by atoms with Crippen LogP contribution in [0.4, 0.5) is 0 Å². The summed E-state index contributed by atoms with van der Waals surface area (Å²) in [6, 6.07) is 0. The van der Waals surface area contributed by atoms with Gasteiger partial charge in [0.05, 0.1) is 12.7 Å². The Balaban J connectivity index is 0.000000187. The topological polar surface area (TPSA) is 46.5 Å². The van der Waals surface area contributed by atoms with E-state index in [0.717, 1.165) is 19.3 Å². The standard InChI is InChI=1S/C4H8O2.C2H4O/c5-3-4-1-2-6-4;1-2-3/h4-5H,1-3H2;2H,1H3. The van der Waals surface area contributed by atoms with Crippen molar-refractivity contribution in [2.24, 2.45) is 0 Å². The van der Waals surface area contributed by atoms with Crippen LogP contribution in [0.5, 0.6) is 0 Å². The summed E-state index contributed by atoms with van der Waals surface area (Å²) >= 11 is 0. The molecule has 9 heavy (non-hydrogen) atoms. The first-order chi connectivity index (χ1) is 4.35. The SMILES string of the molecule is CC=O.OCC1CCO1. The summed E-state index contributed by atoms with van der Waals surface area (Å²) in [6.45, 7) is 2.48. The summed E-state index contributed by atoms with van der Waals surface area (Å²) in [6.07, 6.45) is 1.96. The van der Waals surface area contributed by atoms with Crippen LogP contribution in [0.3, 0.4) is 0 Å². The fourth-order valence-corrected chi connectivity index (χ4v) is 0.429. The van der Waals surface area contributed by atoms with Gasteiger partial charge in [-0.15, -0.1) is 0 Å². The molecule has 1 rings (SSSR count). The summed E-state index contributed by atoms with van der Waals surface area (Å²) in [5, 5.41) is 8.26. The van der Waals surface area contributed by atoms with Crippen molar-refractivity contribution in [2.75, 3.05) is 13.2 Å². The summed E-state index contributed by atoms with van der Waals surface area (Å²) in [4.78, 5) is 8.81. The molecular formula is C6H12O3. The summed E-state index contributed by atoms with van der Waals surface area (Å²) in [5.74, 6) is 0. The van der Waals surface area contributed by atoms with Gasteiger partial charge in [0.25, 0.3) is 0 Å². The number of carbonyl (C=O) groups excluding carboxylic acids is 1. The molecule has 3 nitrogen and oxygen atoms in total. The van der Waals surface area contributed by atoms with Crippen molar-refractivity contribution in [3.05, 3.63) is 0 Å². The maximum Gasteiger partial charge on any atom is 0.116 e. The zero-order valence-electron chi connectivity index (χ0n) is 5.54. The molecule has 0 radical (unpaired) electrons. The van der Waals surface area contributed by atoms with Gasteiger partial charge >= 0.3 is 0 Å². The second kappa shape index (κ2) is 5.72. The molecule has 0 saturated carbocycles. The molecule has 0 aromatic rings. The van der Waals surface area contributed by atoms with Crippen LogP contribution in [0.2, 0.25) is 0 Å². The Morgan fingerprint density at radius 1 is 1.89 bits per heavy atom. The third-order valence-corrected chi connectivity index (χ3v) is 0.997. The van der Waals surface area contributed by atoms with Crippen molar-refractivity contribution in [1.82, 2.24) is 0 Å². The summed E-state index contributed by atoms with van der Waals surface area (Å²) < 4.78 is 4.83. The van der Waals surface area contributed by atoms with Crippen LogP contribution in [0, 0.1) is 0 Å². The van der Waals surface area contributed by atoms with Gasteiger partial charge in [0.1, 0.15) is 6.29 Å². The number of rotatable bonds is 1. The number of aliphatic hydroxyl groups excluding tert-OH is 1. The first-order valence-corrected chi connectivity index (χ1v) is 2.97. The third kappa shape index (κ3) is 4.12. The highest BCUT2D eigenvalue weighted by Crippen LogP contribution is 2.07. The molecule has 3 heteroatoms. The zero-order valence-corrected chi connectivity index (χ0v) is 5.54. The minimum atomic E-state index is 0.171. The van der Waals surface area contributed by atoms with Crippen LogP contribution in [0.1, 0.15) is 13.3 Å². The molecule has 0 aromatic carbocycles. The number of aldehydes is 1. The minimum Gasteiger partial charge on any atom is -0.394 e. The largest absolute Gasteiger partial charge is 0.394 e. The van der Waals surface area contributed by atoms with Gasteiger partial charge in [0.2, 0.25) is 0 Å². The quantitative estimate of drug-likeness (QED) is 0.510. The van der Waals surface area contributed by atoms with Gasteiger partial charge in [-0.1, -0.05) is 0 Å². The van der Waals surface area contributed by atoms with Gasteiger partial charge in [-0.05, 0) is 13.3 Å². The van der Waals surface area contributed by atoms with E-state index in [0.29, 0.717) is 0 Å². The number of hydrogen-bond donors (Lipinski definition) is 1. The summed E-state index contributed by atoms with van der Waals surface area (Å²) in [5.41, 5.74) is 0. The van der Waals surface area contributed by atoms with Gasteiger partial charge in [-0.25, -0.2) is 0 Å². The molecule has 0 aromatic heterocycles. The van der Waals surface area contributed by atoms with E-state index in [9.17, 15) is 0 Å². The molecule has 0 bridgehead atoms. The molecule has 54 valence electrons. The number of hydrogen-bond acceptors (Lipinski definition) is 3. The van der Waals surface area contributed by atoms with Gasteiger partial charge in [0, 0.05) is 6.61 Å². The molecule has 1 atom stereocenters. The van der Waals surface area contributed by atoms with E-state index in [2.05, 4.69) is 0 Å². The minimum absolute atomic E-state index is 0.171. The fourth-order valence-electron chi connectivity index (χ4n) is 0.429.